The van der Waals surface area contributed by atoms with Crippen molar-refractivity contribution < 1.29 is 9.53 Å². The molecule has 1 aromatic carbocycles. The Morgan fingerprint density at radius 3 is 2.70 bits per heavy atom. The SMILES string of the molecule is COc1ccc(Cn2ncc(C(C#N)C=O)c2C)cc1. The van der Waals surface area contributed by atoms with Crippen LogP contribution in [0.1, 0.15) is 22.7 Å². The number of carbonyl (C=O) groups excluding carboxylic acids is 1. The predicted octanol–water partition coefficient (Wildman–Crippen LogP) is 2.05. The zero-order valence-electron chi connectivity index (χ0n) is 11.4. The molecular weight excluding hydrogens is 254 g/mol. The van der Waals surface area contributed by atoms with Crippen molar-refractivity contribution in [3.05, 3.63) is 47.3 Å². The van der Waals surface area contributed by atoms with Crippen molar-refractivity contribution in [1.29, 1.82) is 5.26 Å². The number of methoxy groups -OCH3 is 1. The van der Waals surface area contributed by atoms with Crippen molar-refractivity contribution in [1.82, 2.24) is 9.78 Å². The fourth-order valence-electron chi connectivity index (χ4n) is 2.00. The number of aromatic nitrogens is 2. The molecule has 0 amide bonds. The van der Waals surface area contributed by atoms with Gasteiger partial charge in [-0.2, -0.15) is 10.4 Å². The van der Waals surface area contributed by atoms with Crippen molar-refractivity contribution in [2.75, 3.05) is 7.11 Å². The molecule has 2 rings (SSSR count). The largest absolute Gasteiger partial charge is 0.497 e. The van der Waals surface area contributed by atoms with Crippen LogP contribution in [0.2, 0.25) is 0 Å². The second-order valence-electron chi connectivity index (χ2n) is 4.43. The summed E-state index contributed by atoms with van der Waals surface area (Å²) >= 11 is 0. The summed E-state index contributed by atoms with van der Waals surface area (Å²) in [6, 6.07) is 9.66. The van der Waals surface area contributed by atoms with Crippen molar-refractivity contribution in [2.45, 2.75) is 19.4 Å². The summed E-state index contributed by atoms with van der Waals surface area (Å²) in [5, 5.41) is 13.2. The van der Waals surface area contributed by atoms with E-state index in [9.17, 15) is 4.79 Å². The van der Waals surface area contributed by atoms with E-state index in [1.165, 1.54) is 0 Å². The highest BCUT2D eigenvalue weighted by Crippen LogP contribution is 2.19. The minimum atomic E-state index is -0.750. The summed E-state index contributed by atoms with van der Waals surface area (Å²) in [6.07, 6.45) is 2.23. The molecular formula is C15H15N3O2. The van der Waals surface area contributed by atoms with Crippen LogP contribution >= 0.6 is 0 Å². The highest BCUT2D eigenvalue weighted by atomic mass is 16.5. The quantitative estimate of drug-likeness (QED) is 0.779. The van der Waals surface area contributed by atoms with Crippen LogP contribution in [0.4, 0.5) is 0 Å². The lowest BCUT2D eigenvalue weighted by molar-refractivity contribution is -0.108. The van der Waals surface area contributed by atoms with Gasteiger partial charge in [0.05, 0.1) is 25.9 Å². The third kappa shape index (κ3) is 2.69. The highest BCUT2D eigenvalue weighted by Gasteiger charge is 2.16. The first-order valence-electron chi connectivity index (χ1n) is 6.19. The molecule has 0 radical (unpaired) electrons. The minimum Gasteiger partial charge on any atom is -0.497 e. The minimum absolute atomic E-state index is 0.590. The van der Waals surface area contributed by atoms with E-state index in [-0.39, 0.29) is 0 Å². The van der Waals surface area contributed by atoms with Crippen molar-refractivity contribution in [2.24, 2.45) is 0 Å². The third-order valence-corrected chi connectivity index (χ3v) is 3.24. The summed E-state index contributed by atoms with van der Waals surface area (Å²) in [4.78, 5) is 10.9. The Kier molecular flexibility index (Phi) is 4.16. The van der Waals surface area contributed by atoms with Crippen LogP contribution in [0.25, 0.3) is 0 Å². The first-order valence-corrected chi connectivity index (χ1v) is 6.19. The number of hydrogen-bond donors (Lipinski definition) is 0. The van der Waals surface area contributed by atoms with Crippen molar-refractivity contribution in [3.63, 3.8) is 0 Å². The molecule has 1 unspecified atom stereocenters. The van der Waals surface area contributed by atoms with E-state index < -0.39 is 5.92 Å². The van der Waals surface area contributed by atoms with Crippen molar-refractivity contribution in [3.8, 4) is 11.8 Å². The number of ether oxygens (including phenoxy) is 1. The maximum absolute atomic E-state index is 10.9. The molecule has 0 saturated carbocycles. The maximum atomic E-state index is 10.9. The molecule has 1 heterocycles. The Morgan fingerprint density at radius 1 is 1.45 bits per heavy atom. The molecule has 1 aromatic heterocycles. The van der Waals surface area contributed by atoms with Gasteiger partial charge in [0.2, 0.25) is 0 Å². The van der Waals surface area contributed by atoms with Gasteiger partial charge in [-0.05, 0) is 24.6 Å². The lowest BCUT2D eigenvalue weighted by atomic mass is 10.0. The predicted molar refractivity (Wildman–Crippen MR) is 73.5 cm³/mol. The van der Waals surface area contributed by atoms with Crippen LogP contribution in [0.5, 0.6) is 5.75 Å². The van der Waals surface area contributed by atoms with Crippen molar-refractivity contribution >= 4 is 6.29 Å². The number of benzene rings is 1. The molecule has 0 aliphatic rings. The van der Waals surface area contributed by atoms with Gasteiger partial charge in [-0.1, -0.05) is 12.1 Å². The Labute approximate surface area is 117 Å². The summed E-state index contributed by atoms with van der Waals surface area (Å²) in [6.45, 7) is 2.45. The average Bonchev–Trinajstić information content (AvgIpc) is 2.83. The van der Waals surface area contributed by atoms with Crippen LogP contribution < -0.4 is 4.74 Å². The zero-order valence-corrected chi connectivity index (χ0v) is 11.4. The monoisotopic (exact) mass is 269 g/mol. The number of rotatable bonds is 5. The standard InChI is InChI=1S/C15H15N3O2/c1-11-15(13(7-16)10-19)8-17-18(11)9-12-3-5-14(20-2)6-4-12/h3-6,8,10,13H,9H2,1-2H3. The normalized spacial score (nSPS) is 11.7. The number of nitrogens with zero attached hydrogens (tertiary/aromatic N) is 3. The highest BCUT2D eigenvalue weighted by molar-refractivity contribution is 5.66. The van der Waals surface area contributed by atoms with E-state index in [4.69, 9.17) is 10.00 Å². The van der Waals surface area contributed by atoms with Gasteiger partial charge >= 0.3 is 0 Å². The summed E-state index contributed by atoms with van der Waals surface area (Å²) in [7, 11) is 1.63. The second kappa shape index (κ2) is 6.02. The molecule has 0 N–H and O–H groups in total. The van der Waals surface area contributed by atoms with Gasteiger partial charge in [-0.25, -0.2) is 0 Å². The fraction of sp³-hybridized carbons (Fsp3) is 0.267. The first-order chi connectivity index (χ1) is 9.69. The van der Waals surface area contributed by atoms with Crippen LogP contribution in [0.15, 0.2) is 30.5 Å². The smallest absolute Gasteiger partial charge is 0.141 e. The van der Waals surface area contributed by atoms with Crippen LogP contribution in [-0.4, -0.2) is 23.2 Å². The molecule has 1 atom stereocenters. The lowest BCUT2D eigenvalue weighted by Crippen LogP contribution is -2.05. The Balaban J connectivity index is 2.22. The Morgan fingerprint density at radius 2 is 2.15 bits per heavy atom. The van der Waals surface area contributed by atoms with Gasteiger partial charge in [0.1, 0.15) is 18.0 Å². The molecule has 0 bridgehead atoms. The second-order valence-corrected chi connectivity index (χ2v) is 4.43. The van der Waals surface area contributed by atoms with Gasteiger partial charge in [-0.15, -0.1) is 0 Å². The molecule has 0 spiro atoms. The van der Waals surface area contributed by atoms with E-state index in [1.807, 2.05) is 37.3 Å². The molecule has 0 aliphatic heterocycles. The molecule has 20 heavy (non-hydrogen) atoms. The van der Waals surface area contributed by atoms with Gasteiger partial charge in [0.25, 0.3) is 0 Å². The fourth-order valence-corrected chi connectivity index (χ4v) is 2.00. The first kappa shape index (κ1) is 13.8. The van der Waals surface area contributed by atoms with E-state index in [0.717, 1.165) is 17.0 Å². The topological polar surface area (TPSA) is 67.9 Å². The summed E-state index contributed by atoms with van der Waals surface area (Å²) in [5.74, 6) is 0.0525. The molecule has 5 nitrogen and oxygen atoms in total. The number of nitriles is 1. The molecule has 0 saturated heterocycles. The molecule has 0 fully saturated rings. The van der Waals surface area contributed by atoms with Gasteiger partial charge in [-0.3, -0.25) is 4.68 Å². The Hall–Kier alpha value is -2.61. The van der Waals surface area contributed by atoms with E-state index in [1.54, 1.807) is 18.0 Å². The van der Waals surface area contributed by atoms with Crippen LogP contribution in [-0.2, 0) is 11.3 Å². The Bertz CT molecular complexity index is 638. The number of carbonyl (C=O) groups is 1. The lowest BCUT2D eigenvalue weighted by Gasteiger charge is -2.07. The maximum Gasteiger partial charge on any atom is 0.141 e. The molecule has 102 valence electrons. The van der Waals surface area contributed by atoms with E-state index in [0.29, 0.717) is 18.4 Å². The van der Waals surface area contributed by atoms with E-state index >= 15 is 0 Å². The third-order valence-electron chi connectivity index (χ3n) is 3.24. The summed E-state index contributed by atoms with van der Waals surface area (Å²) < 4.78 is 6.89. The summed E-state index contributed by atoms with van der Waals surface area (Å²) in [5.41, 5.74) is 2.57. The molecule has 0 aliphatic carbocycles. The van der Waals surface area contributed by atoms with Crippen LogP contribution in [0.3, 0.4) is 0 Å². The van der Waals surface area contributed by atoms with Gasteiger partial charge in [0.15, 0.2) is 0 Å². The number of aldehydes is 1. The average molecular weight is 269 g/mol. The van der Waals surface area contributed by atoms with E-state index in [2.05, 4.69) is 5.10 Å². The van der Waals surface area contributed by atoms with Gasteiger partial charge < -0.3 is 9.53 Å². The molecule has 2 aromatic rings. The number of hydrogen-bond acceptors (Lipinski definition) is 4. The molecule has 5 heteroatoms. The zero-order chi connectivity index (χ0) is 14.5. The van der Waals surface area contributed by atoms with Gasteiger partial charge in [0, 0.05) is 11.3 Å². The van der Waals surface area contributed by atoms with Crippen LogP contribution in [0, 0.1) is 18.3 Å².